The minimum atomic E-state index is -1.15. The van der Waals surface area contributed by atoms with Crippen molar-refractivity contribution in [2.24, 2.45) is 0 Å². The normalized spacial score (nSPS) is 12.2. The molecule has 8 aromatic heterocycles. The second kappa shape index (κ2) is 26.8. The molecule has 0 spiro atoms. The lowest BCUT2D eigenvalue weighted by Gasteiger charge is -2.23. The molecule has 0 radical (unpaired) electrons. The Morgan fingerprint density at radius 3 is 1.59 bits per heavy atom. The van der Waals surface area contributed by atoms with E-state index >= 15 is 0 Å². The number of aromatic nitrogens is 8. The highest BCUT2D eigenvalue weighted by atomic mass is 127. The van der Waals surface area contributed by atoms with E-state index in [0.717, 1.165) is 90.0 Å². The lowest BCUT2D eigenvalue weighted by Crippen LogP contribution is -2.22. The van der Waals surface area contributed by atoms with Crippen LogP contribution in [0.5, 0.6) is 0 Å². The average molecular weight is 1260 g/mol. The Morgan fingerprint density at radius 1 is 0.560 bits per heavy atom. The fraction of sp³-hybridized carbons (Fsp3) is 0.382. The molecule has 0 atom stereocenters. The van der Waals surface area contributed by atoms with Crippen LogP contribution in [0.15, 0.2) is 110 Å². The van der Waals surface area contributed by atoms with Crippen molar-refractivity contribution >= 4 is 137 Å². The summed E-state index contributed by atoms with van der Waals surface area (Å²) in [5.74, 6) is 0. The van der Waals surface area contributed by atoms with Gasteiger partial charge in [0.1, 0.15) is 40.8 Å². The van der Waals surface area contributed by atoms with E-state index in [1.54, 1.807) is 30.9 Å². The molecule has 20 heteroatoms. The topological polar surface area (TPSA) is 130 Å². The molecule has 402 valence electrons. The smallest absolute Gasteiger partial charge is 0.131 e. The number of H-pyrrole nitrogens is 1. The van der Waals surface area contributed by atoms with Crippen LogP contribution in [-0.2, 0) is 40.0 Å². The van der Waals surface area contributed by atoms with Crippen LogP contribution < -0.4 is 0 Å². The van der Waals surface area contributed by atoms with Crippen molar-refractivity contribution in [3.05, 3.63) is 140 Å². The van der Waals surface area contributed by atoms with E-state index in [9.17, 15) is 5.11 Å². The zero-order valence-electron chi connectivity index (χ0n) is 44.9. The SMILES string of the molecule is CC(C)(O)c1ccccc1-c1cc2cnc(Cl)cc2n1COCC[Si](C)(C)C.C[Si](C)(C)CCOCn1c(I)cc2cnc(Cl)cc21.C[Si](C)(C)CCOCn1ccc2cnc(Cl)cc21.Clc1cc2[nH]ccc2cn1. The summed E-state index contributed by atoms with van der Waals surface area (Å²) >= 11 is 26.0. The van der Waals surface area contributed by atoms with E-state index < -0.39 is 29.8 Å². The molecule has 8 heterocycles. The summed E-state index contributed by atoms with van der Waals surface area (Å²) < 4.78 is 25.1. The molecule has 0 saturated heterocycles. The summed E-state index contributed by atoms with van der Waals surface area (Å²) in [4.78, 5) is 19.4. The zero-order valence-corrected chi connectivity index (χ0v) is 53.1. The minimum absolute atomic E-state index is 0.434. The number of rotatable bonds is 17. The Bertz CT molecular complexity index is 3280. The highest BCUT2D eigenvalue weighted by Gasteiger charge is 2.23. The van der Waals surface area contributed by atoms with Gasteiger partial charge >= 0.3 is 0 Å². The molecule has 0 saturated carbocycles. The number of hydrogen-bond acceptors (Lipinski definition) is 8. The third-order valence-electron chi connectivity index (χ3n) is 12.0. The molecule has 0 aliphatic carbocycles. The largest absolute Gasteiger partial charge is 0.386 e. The zero-order chi connectivity index (χ0) is 54.7. The molecule has 2 N–H and O–H groups in total. The Balaban J connectivity index is 0.000000171. The fourth-order valence-electron chi connectivity index (χ4n) is 7.66. The standard InChI is InChI=1S/C22H29ClN2O2Si.C13H18ClIN2OSi.C13H19ClN2OSi.C7H5ClN2/c1-22(2,26)18-9-7-6-8-17(18)20-12-16-14-24-21(23)13-19(16)25(20)15-27-10-11-28(3,4)5;1-19(2,3)5-4-18-9-17-11-7-12(14)16-8-10(11)6-13(17)15;1-18(2,3)7-6-17-10-16-5-4-11-9-15-13(14)8-12(11)16;8-7-3-6-5(4-10-7)1-2-9-6/h6-9,12-14,26H,10-11,15H2,1-5H3;6-8H,4-5,9H2,1-3H3;4-5,8-9H,6-7,10H2,1-3H3;1-4,9H. The number of fused-ring (bicyclic) bond motifs is 4. The maximum absolute atomic E-state index is 10.7. The van der Waals surface area contributed by atoms with Crippen molar-refractivity contribution in [1.82, 2.24) is 38.6 Å². The van der Waals surface area contributed by atoms with Crippen molar-refractivity contribution < 1.29 is 19.3 Å². The van der Waals surface area contributed by atoms with Gasteiger partial charge in [0.2, 0.25) is 0 Å². The summed E-state index contributed by atoms with van der Waals surface area (Å²) in [7, 11) is -3.18. The number of aromatic amines is 1. The first kappa shape index (κ1) is 60.6. The van der Waals surface area contributed by atoms with Gasteiger partial charge in [0, 0.05) is 114 Å². The van der Waals surface area contributed by atoms with Gasteiger partial charge in [0.25, 0.3) is 0 Å². The number of ether oxygens (including phenoxy) is 3. The molecular weight excluding hydrogens is 1190 g/mol. The molecule has 0 aliphatic rings. The van der Waals surface area contributed by atoms with Gasteiger partial charge in [-0.05, 0) is 109 Å². The Morgan fingerprint density at radius 2 is 1.03 bits per heavy atom. The maximum atomic E-state index is 10.7. The molecule has 0 aliphatic heterocycles. The third-order valence-corrected chi connectivity index (χ3v) is 18.8. The second-order valence-electron chi connectivity index (χ2n) is 22.6. The van der Waals surface area contributed by atoms with E-state index in [1.807, 2.05) is 80.8 Å². The van der Waals surface area contributed by atoms with Crippen molar-refractivity contribution in [2.45, 2.75) is 117 Å². The highest BCUT2D eigenvalue weighted by molar-refractivity contribution is 14.1. The highest BCUT2D eigenvalue weighted by Crippen LogP contribution is 2.36. The van der Waals surface area contributed by atoms with Gasteiger partial charge in [0.15, 0.2) is 0 Å². The summed E-state index contributed by atoms with van der Waals surface area (Å²) in [6.07, 6.45) is 11.0. The third kappa shape index (κ3) is 18.8. The van der Waals surface area contributed by atoms with Gasteiger partial charge in [-0.2, -0.15) is 0 Å². The Kier molecular flexibility index (Phi) is 21.7. The summed E-state index contributed by atoms with van der Waals surface area (Å²) in [6, 6.07) is 27.0. The van der Waals surface area contributed by atoms with Gasteiger partial charge in [-0.3, -0.25) is 0 Å². The predicted octanol–water partition coefficient (Wildman–Crippen LogP) is 16.7. The summed E-state index contributed by atoms with van der Waals surface area (Å²) in [5, 5.41) is 17.0. The van der Waals surface area contributed by atoms with Crippen LogP contribution in [0.3, 0.4) is 0 Å². The number of aliphatic hydroxyl groups is 1. The lowest BCUT2D eigenvalue weighted by atomic mass is 9.91. The van der Waals surface area contributed by atoms with E-state index in [0.29, 0.717) is 40.8 Å². The molecule has 0 fully saturated rings. The van der Waals surface area contributed by atoms with Crippen LogP contribution in [0.2, 0.25) is 97.7 Å². The fourth-order valence-corrected chi connectivity index (χ4v) is 11.3. The van der Waals surface area contributed by atoms with Crippen molar-refractivity contribution in [2.75, 3.05) is 19.8 Å². The monoisotopic (exact) mass is 1260 g/mol. The first-order valence-corrected chi connectivity index (χ1v) is 38.7. The van der Waals surface area contributed by atoms with Gasteiger partial charge in [0.05, 0.1) is 31.5 Å². The van der Waals surface area contributed by atoms with Crippen LogP contribution in [0.25, 0.3) is 54.9 Å². The molecule has 0 unspecified atom stereocenters. The number of pyridine rings is 4. The van der Waals surface area contributed by atoms with E-state index in [1.165, 1.54) is 12.1 Å². The second-order valence-corrected chi connectivity index (χ2v) is 42.1. The average Bonchev–Trinajstić information content (AvgIpc) is 4.11. The minimum Gasteiger partial charge on any atom is -0.386 e. The quantitative estimate of drug-likeness (QED) is 0.0399. The van der Waals surface area contributed by atoms with Crippen LogP contribution in [0, 0.1) is 3.70 Å². The Labute approximate surface area is 478 Å². The van der Waals surface area contributed by atoms with Gasteiger partial charge in [-0.25, -0.2) is 19.9 Å². The van der Waals surface area contributed by atoms with Crippen LogP contribution >= 0.6 is 69.0 Å². The Hall–Kier alpha value is -3.64. The number of benzene rings is 1. The van der Waals surface area contributed by atoms with Gasteiger partial charge < -0.3 is 38.0 Å². The predicted molar refractivity (Wildman–Crippen MR) is 331 cm³/mol. The molecule has 9 rings (SSSR count). The summed E-state index contributed by atoms with van der Waals surface area (Å²) in [5.41, 5.74) is 6.06. The first-order valence-electron chi connectivity index (χ1n) is 24.9. The van der Waals surface area contributed by atoms with E-state index in [2.05, 4.69) is 132 Å². The molecule has 9 aromatic rings. The number of nitrogens with zero attached hydrogens (tertiary/aromatic N) is 7. The van der Waals surface area contributed by atoms with E-state index in [4.69, 9.17) is 60.6 Å². The van der Waals surface area contributed by atoms with Crippen molar-refractivity contribution in [3.8, 4) is 11.3 Å². The summed E-state index contributed by atoms with van der Waals surface area (Å²) in [6.45, 7) is 28.8. The molecule has 0 amide bonds. The maximum Gasteiger partial charge on any atom is 0.131 e. The first-order chi connectivity index (χ1) is 35.2. The van der Waals surface area contributed by atoms with Gasteiger partial charge in [-0.15, -0.1) is 0 Å². The molecule has 12 nitrogen and oxygen atoms in total. The van der Waals surface area contributed by atoms with Gasteiger partial charge in [-0.1, -0.05) is 130 Å². The van der Waals surface area contributed by atoms with E-state index in [-0.39, 0.29) is 0 Å². The number of hydrogen-bond donors (Lipinski definition) is 2. The van der Waals surface area contributed by atoms with Crippen LogP contribution in [0.4, 0.5) is 0 Å². The van der Waals surface area contributed by atoms with Crippen LogP contribution in [-0.4, -0.2) is 87.8 Å². The molecule has 0 bridgehead atoms. The molecular formula is C55H71Cl4IN8O4Si3. The van der Waals surface area contributed by atoms with Crippen molar-refractivity contribution in [3.63, 3.8) is 0 Å². The molecule has 75 heavy (non-hydrogen) atoms. The lowest BCUT2D eigenvalue weighted by molar-refractivity contribution is 0.0786. The number of halogens is 5. The van der Waals surface area contributed by atoms with Crippen molar-refractivity contribution in [1.29, 1.82) is 0 Å². The molecule has 1 aromatic carbocycles. The number of nitrogens with one attached hydrogen (secondary N) is 1. The van der Waals surface area contributed by atoms with Crippen LogP contribution in [0.1, 0.15) is 19.4 Å².